The van der Waals surface area contributed by atoms with Crippen LogP contribution in [0.25, 0.3) is 22.4 Å². The summed E-state index contributed by atoms with van der Waals surface area (Å²) < 4.78 is 16.1. The summed E-state index contributed by atoms with van der Waals surface area (Å²) >= 11 is 0. The van der Waals surface area contributed by atoms with Crippen LogP contribution < -0.4 is 5.73 Å². The Morgan fingerprint density at radius 3 is 2.67 bits per heavy atom. The topological polar surface area (TPSA) is 43.8 Å². The molecule has 0 amide bonds. The average molecular weight is 283 g/mol. The third-order valence-corrected chi connectivity index (χ3v) is 3.64. The minimum atomic E-state index is -0.306. The second-order valence-electron chi connectivity index (χ2n) is 5.60. The normalized spacial score (nSPS) is 11.5. The van der Waals surface area contributed by atoms with Crippen molar-refractivity contribution in [3.8, 4) is 11.4 Å². The molecule has 2 N–H and O–H groups in total. The lowest BCUT2D eigenvalue weighted by atomic mass is 10.1. The van der Waals surface area contributed by atoms with Crippen LogP contribution >= 0.6 is 0 Å². The highest BCUT2D eigenvalue weighted by atomic mass is 19.1. The molecule has 2 aromatic carbocycles. The molecule has 0 spiro atoms. The van der Waals surface area contributed by atoms with Crippen molar-refractivity contribution >= 4 is 16.7 Å². The molecule has 0 saturated heterocycles. The van der Waals surface area contributed by atoms with E-state index in [1.165, 1.54) is 6.07 Å². The summed E-state index contributed by atoms with van der Waals surface area (Å²) in [6, 6.07) is 11.0. The highest BCUT2D eigenvalue weighted by Gasteiger charge is 2.18. The van der Waals surface area contributed by atoms with Gasteiger partial charge in [0.2, 0.25) is 0 Å². The zero-order chi connectivity index (χ0) is 15.1. The SMILES string of the molecule is Cc1ccc(N)c(-c2nc3c(F)cccc3n2C(C)C)c1. The summed E-state index contributed by atoms with van der Waals surface area (Å²) in [4.78, 5) is 4.51. The molecule has 0 saturated carbocycles. The number of para-hydroxylation sites is 1. The maximum Gasteiger partial charge on any atom is 0.151 e. The molecule has 0 unspecified atom stereocenters. The number of aromatic nitrogens is 2. The number of halogens is 1. The van der Waals surface area contributed by atoms with Crippen molar-refractivity contribution in [1.29, 1.82) is 0 Å². The van der Waals surface area contributed by atoms with E-state index in [0.29, 0.717) is 17.0 Å². The molecule has 0 radical (unpaired) electrons. The minimum absolute atomic E-state index is 0.159. The molecule has 0 atom stereocenters. The molecule has 0 fully saturated rings. The van der Waals surface area contributed by atoms with Crippen molar-refractivity contribution in [2.45, 2.75) is 26.8 Å². The summed E-state index contributed by atoms with van der Waals surface area (Å²) in [6.07, 6.45) is 0. The van der Waals surface area contributed by atoms with E-state index in [0.717, 1.165) is 16.6 Å². The Labute approximate surface area is 123 Å². The standard InChI is InChI=1S/C17H18FN3/c1-10(2)21-15-6-4-5-13(18)16(15)20-17(21)12-9-11(3)7-8-14(12)19/h4-10H,19H2,1-3H3. The van der Waals surface area contributed by atoms with Crippen LogP contribution in [0.4, 0.5) is 10.1 Å². The van der Waals surface area contributed by atoms with Gasteiger partial charge in [0, 0.05) is 17.3 Å². The van der Waals surface area contributed by atoms with Crippen LogP contribution in [0.2, 0.25) is 0 Å². The van der Waals surface area contributed by atoms with Crippen molar-refractivity contribution in [3.63, 3.8) is 0 Å². The summed E-state index contributed by atoms with van der Waals surface area (Å²) in [6.45, 7) is 6.12. The maximum absolute atomic E-state index is 14.0. The van der Waals surface area contributed by atoms with Gasteiger partial charge in [0.25, 0.3) is 0 Å². The van der Waals surface area contributed by atoms with E-state index < -0.39 is 0 Å². The number of imidazole rings is 1. The van der Waals surface area contributed by atoms with Crippen LogP contribution in [0.3, 0.4) is 0 Å². The number of fused-ring (bicyclic) bond motifs is 1. The first-order valence-electron chi connectivity index (χ1n) is 7.02. The number of hydrogen-bond acceptors (Lipinski definition) is 2. The van der Waals surface area contributed by atoms with E-state index >= 15 is 0 Å². The molecule has 3 nitrogen and oxygen atoms in total. The van der Waals surface area contributed by atoms with Gasteiger partial charge in [0.15, 0.2) is 5.82 Å². The summed E-state index contributed by atoms with van der Waals surface area (Å²) in [5.74, 6) is 0.408. The Kier molecular flexibility index (Phi) is 3.16. The van der Waals surface area contributed by atoms with Gasteiger partial charge >= 0.3 is 0 Å². The zero-order valence-corrected chi connectivity index (χ0v) is 12.4. The van der Waals surface area contributed by atoms with E-state index in [1.54, 1.807) is 6.07 Å². The first kappa shape index (κ1) is 13.6. The van der Waals surface area contributed by atoms with Crippen molar-refractivity contribution in [2.24, 2.45) is 0 Å². The summed E-state index contributed by atoms with van der Waals surface area (Å²) in [5.41, 5.74) is 9.88. The van der Waals surface area contributed by atoms with Crippen molar-refractivity contribution in [1.82, 2.24) is 9.55 Å². The van der Waals surface area contributed by atoms with Crippen molar-refractivity contribution in [3.05, 3.63) is 47.8 Å². The molecule has 3 aromatic rings. The Morgan fingerprint density at radius 2 is 1.95 bits per heavy atom. The fourth-order valence-electron chi connectivity index (χ4n) is 2.66. The highest BCUT2D eigenvalue weighted by molar-refractivity contribution is 5.84. The first-order chi connectivity index (χ1) is 9.99. The van der Waals surface area contributed by atoms with Gasteiger partial charge in [-0.3, -0.25) is 0 Å². The van der Waals surface area contributed by atoms with Crippen LogP contribution in [0.5, 0.6) is 0 Å². The van der Waals surface area contributed by atoms with Crippen LogP contribution in [-0.4, -0.2) is 9.55 Å². The molecule has 1 aromatic heterocycles. The van der Waals surface area contributed by atoms with E-state index in [1.807, 2.05) is 35.8 Å². The lowest BCUT2D eigenvalue weighted by Crippen LogP contribution is -2.04. The molecular weight excluding hydrogens is 265 g/mol. The third-order valence-electron chi connectivity index (χ3n) is 3.64. The highest BCUT2D eigenvalue weighted by Crippen LogP contribution is 2.32. The third kappa shape index (κ3) is 2.17. The number of aryl methyl sites for hydroxylation is 1. The van der Waals surface area contributed by atoms with Gasteiger partial charge in [0.1, 0.15) is 11.3 Å². The number of benzene rings is 2. The van der Waals surface area contributed by atoms with Gasteiger partial charge in [-0.1, -0.05) is 17.7 Å². The van der Waals surface area contributed by atoms with Gasteiger partial charge in [-0.25, -0.2) is 9.37 Å². The number of nitrogens with two attached hydrogens (primary N) is 1. The molecule has 0 aliphatic heterocycles. The number of hydrogen-bond donors (Lipinski definition) is 1. The molecule has 21 heavy (non-hydrogen) atoms. The van der Waals surface area contributed by atoms with Crippen LogP contribution in [-0.2, 0) is 0 Å². The van der Waals surface area contributed by atoms with E-state index in [4.69, 9.17) is 5.73 Å². The maximum atomic E-state index is 14.0. The van der Waals surface area contributed by atoms with Crippen LogP contribution in [0, 0.1) is 12.7 Å². The fraction of sp³-hybridized carbons (Fsp3) is 0.235. The predicted octanol–water partition coefficient (Wildman–Crippen LogP) is 4.31. The minimum Gasteiger partial charge on any atom is -0.398 e. The second-order valence-corrected chi connectivity index (χ2v) is 5.60. The van der Waals surface area contributed by atoms with Gasteiger partial charge in [-0.2, -0.15) is 0 Å². The molecule has 0 aliphatic rings. The van der Waals surface area contributed by atoms with E-state index in [-0.39, 0.29) is 11.9 Å². The number of nitrogens with zero attached hydrogens (tertiary/aromatic N) is 2. The molecule has 1 heterocycles. The monoisotopic (exact) mass is 283 g/mol. The Balaban J connectivity index is 2.39. The number of nitrogen functional groups attached to an aromatic ring is 1. The lowest BCUT2D eigenvalue weighted by Gasteiger charge is -2.14. The molecule has 0 bridgehead atoms. The lowest BCUT2D eigenvalue weighted by molar-refractivity contribution is 0.623. The quantitative estimate of drug-likeness (QED) is 0.712. The van der Waals surface area contributed by atoms with Gasteiger partial charge in [0.05, 0.1) is 5.52 Å². The van der Waals surface area contributed by atoms with Gasteiger partial charge in [-0.15, -0.1) is 0 Å². The molecule has 108 valence electrons. The number of anilines is 1. The first-order valence-corrected chi connectivity index (χ1v) is 7.02. The van der Waals surface area contributed by atoms with Crippen LogP contribution in [0.1, 0.15) is 25.5 Å². The molecule has 3 rings (SSSR count). The Morgan fingerprint density at radius 1 is 1.19 bits per heavy atom. The van der Waals surface area contributed by atoms with E-state index in [2.05, 4.69) is 18.8 Å². The van der Waals surface area contributed by atoms with Gasteiger partial charge < -0.3 is 10.3 Å². The predicted molar refractivity (Wildman–Crippen MR) is 84.7 cm³/mol. The summed E-state index contributed by atoms with van der Waals surface area (Å²) in [5, 5.41) is 0. The second kappa shape index (κ2) is 4.88. The molecule has 4 heteroatoms. The zero-order valence-electron chi connectivity index (χ0n) is 12.4. The Bertz CT molecular complexity index is 818. The van der Waals surface area contributed by atoms with Gasteiger partial charge in [-0.05, 0) is 45.0 Å². The largest absolute Gasteiger partial charge is 0.398 e. The molecular formula is C17H18FN3. The van der Waals surface area contributed by atoms with Crippen molar-refractivity contribution in [2.75, 3.05) is 5.73 Å². The average Bonchev–Trinajstić information content (AvgIpc) is 2.82. The Hall–Kier alpha value is -2.36. The smallest absolute Gasteiger partial charge is 0.151 e. The summed E-state index contributed by atoms with van der Waals surface area (Å²) in [7, 11) is 0. The fourth-order valence-corrected chi connectivity index (χ4v) is 2.66. The van der Waals surface area contributed by atoms with E-state index in [9.17, 15) is 4.39 Å². The van der Waals surface area contributed by atoms with Crippen LogP contribution in [0.15, 0.2) is 36.4 Å². The van der Waals surface area contributed by atoms with Crippen molar-refractivity contribution < 1.29 is 4.39 Å². The molecule has 0 aliphatic carbocycles. The number of rotatable bonds is 2.